The Morgan fingerprint density at radius 3 is 2.86 bits per heavy atom. The van der Waals surface area contributed by atoms with E-state index in [2.05, 4.69) is 5.32 Å². The number of halogens is 1. The molecule has 1 amide bonds. The van der Waals surface area contributed by atoms with Gasteiger partial charge in [-0.25, -0.2) is 4.39 Å². The quantitative estimate of drug-likeness (QED) is 0.682. The Morgan fingerprint density at radius 2 is 2.24 bits per heavy atom. The molecule has 2 rings (SSSR count). The Labute approximate surface area is 128 Å². The van der Waals surface area contributed by atoms with E-state index in [1.54, 1.807) is 6.07 Å². The number of thioether (sulfide) groups is 1. The van der Waals surface area contributed by atoms with Crippen molar-refractivity contribution in [2.75, 3.05) is 25.4 Å². The van der Waals surface area contributed by atoms with Gasteiger partial charge < -0.3 is 10.2 Å². The molecule has 1 aliphatic heterocycles. The van der Waals surface area contributed by atoms with Crippen LogP contribution in [0.25, 0.3) is 0 Å². The number of rotatable bonds is 4. The highest BCUT2D eigenvalue weighted by Gasteiger charge is 2.22. The Morgan fingerprint density at radius 1 is 1.48 bits per heavy atom. The molecule has 1 aliphatic rings. The Balaban J connectivity index is 1.95. The molecule has 114 valence electrons. The van der Waals surface area contributed by atoms with Crippen LogP contribution >= 0.6 is 11.8 Å². The zero-order chi connectivity index (χ0) is 15.4. The zero-order valence-electron chi connectivity index (χ0n) is 12.2. The van der Waals surface area contributed by atoms with Gasteiger partial charge in [0.1, 0.15) is 5.82 Å². The van der Waals surface area contributed by atoms with Crippen LogP contribution in [0.1, 0.15) is 24.2 Å². The van der Waals surface area contributed by atoms with E-state index in [9.17, 15) is 14.0 Å². The van der Waals surface area contributed by atoms with Crippen molar-refractivity contribution in [1.82, 2.24) is 10.2 Å². The first-order chi connectivity index (χ1) is 9.99. The van der Waals surface area contributed by atoms with Crippen LogP contribution in [0, 0.1) is 5.82 Å². The van der Waals surface area contributed by atoms with Gasteiger partial charge in [0.05, 0.1) is 11.3 Å². The van der Waals surface area contributed by atoms with Gasteiger partial charge in [-0.15, -0.1) is 11.8 Å². The summed E-state index contributed by atoms with van der Waals surface area (Å²) in [6.45, 7) is 5.66. The number of hydrogen-bond donors (Lipinski definition) is 1. The Hall–Kier alpha value is -1.40. The van der Waals surface area contributed by atoms with Crippen LogP contribution < -0.4 is 5.32 Å². The molecule has 1 heterocycles. The summed E-state index contributed by atoms with van der Waals surface area (Å²) in [4.78, 5) is 25.9. The van der Waals surface area contributed by atoms with Gasteiger partial charge in [0.25, 0.3) is 0 Å². The molecule has 0 saturated carbocycles. The van der Waals surface area contributed by atoms with Gasteiger partial charge in [-0.1, -0.05) is 0 Å². The standard InChI is InChI=1S/C15H19FN2O2S/c1-10-8-17-5-6-18(10)15(20)9-21-12-3-4-13(11(2)19)14(16)7-12/h3-4,7,10,17H,5-6,8-9H2,1-2H3/t10-/m0/s1. The maximum Gasteiger partial charge on any atom is 0.233 e. The fraction of sp³-hybridized carbons (Fsp3) is 0.467. The van der Waals surface area contributed by atoms with Crippen LogP contribution in [0.3, 0.4) is 0 Å². The van der Waals surface area contributed by atoms with Gasteiger partial charge in [0, 0.05) is 30.6 Å². The second-order valence-corrected chi connectivity index (χ2v) is 6.18. The van der Waals surface area contributed by atoms with Crippen molar-refractivity contribution in [3.05, 3.63) is 29.6 Å². The summed E-state index contributed by atoms with van der Waals surface area (Å²) in [6.07, 6.45) is 0. The summed E-state index contributed by atoms with van der Waals surface area (Å²) < 4.78 is 13.7. The van der Waals surface area contributed by atoms with Gasteiger partial charge in [-0.3, -0.25) is 9.59 Å². The molecule has 0 aromatic heterocycles. The van der Waals surface area contributed by atoms with Gasteiger partial charge in [-0.05, 0) is 32.0 Å². The molecule has 1 N–H and O–H groups in total. The molecule has 0 spiro atoms. The normalized spacial score (nSPS) is 18.6. The number of carbonyl (C=O) groups excluding carboxylic acids is 2. The van der Waals surface area contributed by atoms with E-state index in [0.29, 0.717) is 11.4 Å². The average Bonchev–Trinajstić information content (AvgIpc) is 2.45. The first-order valence-corrected chi connectivity index (χ1v) is 7.91. The first kappa shape index (κ1) is 16.0. The number of amides is 1. The number of nitrogens with one attached hydrogen (secondary N) is 1. The summed E-state index contributed by atoms with van der Waals surface area (Å²) >= 11 is 1.30. The molecule has 6 heteroatoms. The number of hydrogen-bond acceptors (Lipinski definition) is 4. The number of carbonyl (C=O) groups is 2. The van der Waals surface area contributed by atoms with E-state index in [-0.39, 0.29) is 29.0 Å². The second-order valence-electron chi connectivity index (χ2n) is 5.13. The molecule has 1 aromatic carbocycles. The molecule has 0 radical (unpaired) electrons. The number of nitrogens with zero attached hydrogens (tertiary/aromatic N) is 1. The molecule has 1 fully saturated rings. The third-order valence-corrected chi connectivity index (χ3v) is 4.48. The molecule has 21 heavy (non-hydrogen) atoms. The molecule has 0 unspecified atom stereocenters. The maximum absolute atomic E-state index is 13.7. The van der Waals surface area contributed by atoms with E-state index in [4.69, 9.17) is 0 Å². The maximum atomic E-state index is 13.7. The van der Waals surface area contributed by atoms with Gasteiger partial charge in [-0.2, -0.15) is 0 Å². The van der Waals surface area contributed by atoms with Crippen molar-refractivity contribution in [3.8, 4) is 0 Å². The lowest BCUT2D eigenvalue weighted by molar-refractivity contribution is -0.131. The number of Topliss-reactive ketones (excluding diaryl/α,β-unsaturated/α-hetero) is 1. The van der Waals surface area contributed by atoms with Crippen LogP contribution in [0.5, 0.6) is 0 Å². The van der Waals surface area contributed by atoms with Crippen molar-refractivity contribution < 1.29 is 14.0 Å². The molecule has 0 aliphatic carbocycles. The highest BCUT2D eigenvalue weighted by molar-refractivity contribution is 8.00. The highest BCUT2D eigenvalue weighted by Crippen LogP contribution is 2.22. The van der Waals surface area contributed by atoms with Crippen LogP contribution in [0.2, 0.25) is 0 Å². The highest BCUT2D eigenvalue weighted by atomic mass is 32.2. The number of piperazine rings is 1. The van der Waals surface area contributed by atoms with Crippen LogP contribution in [0.4, 0.5) is 4.39 Å². The van der Waals surface area contributed by atoms with Crippen molar-refractivity contribution in [2.45, 2.75) is 24.8 Å². The third-order valence-electron chi connectivity index (χ3n) is 3.50. The minimum Gasteiger partial charge on any atom is -0.337 e. The molecule has 1 aromatic rings. The lowest BCUT2D eigenvalue weighted by atomic mass is 10.1. The van der Waals surface area contributed by atoms with E-state index in [1.807, 2.05) is 11.8 Å². The molecule has 4 nitrogen and oxygen atoms in total. The van der Waals surface area contributed by atoms with E-state index in [0.717, 1.165) is 13.1 Å². The SMILES string of the molecule is CC(=O)c1ccc(SCC(=O)N2CCNC[C@@H]2C)cc1F. The monoisotopic (exact) mass is 310 g/mol. The second kappa shape index (κ2) is 7.04. The van der Waals surface area contributed by atoms with Crippen LogP contribution in [0.15, 0.2) is 23.1 Å². The molecule has 1 saturated heterocycles. The summed E-state index contributed by atoms with van der Waals surface area (Å²) in [5.41, 5.74) is 0.0846. The van der Waals surface area contributed by atoms with Gasteiger partial charge in [0.15, 0.2) is 5.78 Å². The van der Waals surface area contributed by atoms with Crippen LogP contribution in [-0.4, -0.2) is 48.0 Å². The van der Waals surface area contributed by atoms with Crippen LogP contribution in [-0.2, 0) is 4.79 Å². The summed E-state index contributed by atoms with van der Waals surface area (Å²) in [5.74, 6) is -0.487. The summed E-state index contributed by atoms with van der Waals surface area (Å²) in [7, 11) is 0. The van der Waals surface area contributed by atoms with Crippen molar-refractivity contribution >= 4 is 23.5 Å². The number of ketones is 1. The van der Waals surface area contributed by atoms with Crippen molar-refractivity contribution in [1.29, 1.82) is 0 Å². The Kier molecular flexibility index (Phi) is 5.36. The smallest absolute Gasteiger partial charge is 0.233 e. The largest absolute Gasteiger partial charge is 0.337 e. The topological polar surface area (TPSA) is 49.4 Å². The molecule has 1 atom stereocenters. The fourth-order valence-corrected chi connectivity index (χ4v) is 3.12. The van der Waals surface area contributed by atoms with E-state index in [1.165, 1.54) is 30.8 Å². The van der Waals surface area contributed by atoms with Gasteiger partial charge in [0.2, 0.25) is 5.91 Å². The lowest BCUT2D eigenvalue weighted by Crippen LogP contribution is -2.52. The fourth-order valence-electron chi connectivity index (χ4n) is 2.31. The predicted octanol–water partition coefficient (Wildman–Crippen LogP) is 1.94. The van der Waals surface area contributed by atoms with Crippen molar-refractivity contribution in [3.63, 3.8) is 0 Å². The first-order valence-electron chi connectivity index (χ1n) is 6.92. The summed E-state index contributed by atoms with van der Waals surface area (Å²) in [5, 5.41) is 3.24. The lowest BCUT2D eigenvalue weighted by Gasteiger charge is -2.33. The zero-order valence-corrected chi connectivity index (χ0v) is 13.0. The third kappa shape index (κ3) is 4.04. The minimum atomic E-state index is -0.532. The van der Waals surface area contributed by atoms with E-state index >= 15 is 0 Å². The molecule has 0 bridgehead atoms. The van der Waals surface area contributed by atoms with Crippen molar-refractivity contribution in [2.24, 2.45) is 0 Å². The average molecular weight is 310 g/mol. The molecular formula is C15H19FN2O2S. The van der Waals surface area contributed by atoms with Gasteiger partial charge >= 0.3 is 0 Å². The minimum absolute atomic E-state index is 0.0602. The van der Waals surface area contributed by atoms with E-state index < -0.39 is 5.82 Å². The Bertz CT molecular complexity index is 550. The summed E-state index contributed by atoms with van der Waals surface area (Å²) in [6, 6.07) is 4.65. The number of benzene rings is 1. The predicted molar refractivity (Wildman–Crippen MR) is 81.2 cm³/mol. The molecular weight excluding hydrogens is 291 g/mol.